The Morgan fingerprint density at radius 2 is 1.41 bits per heavy atom. The van der Waals surface area contributed by atoms with Crippen LogP contribution in [-0.2, 0) is 26.1 Å². The van der Waals surface area contributed by atoms with Crippen LogP contribution in [0.4, 0.5) is 0 Å². The van der Waals surface area contributed by atoms with E-state index in [1.165, 1.54) is 47.3 Å². The second-order valence-electron chi connectivity index (χ2n) is 14.9. The fourth-order valence-corrected chi connectivity index (χ4v) is 9.45. The first kappa shape index (κ1) is 35.8. The molecule has 0 amide bonds. The van der Waals surface area contributed by atoms with Crippen LogP contribution in [0.15, 0.2) is 113 Å². The lowest BCUT2D eigenvalue weighted by atomic mass is 9.75. The summed E-state index contributed by atoms with van der Waals surface area (Å²) >= 11 is 1.91. The number of rotatable bonds is 15. The Hall–Kier alpha value is -3.59. The fraction of sp³-hybridized carbons (Fsp3) is 0.432. The number of hydrogen-bond donors (Lipinski definition) is 1. The van der Waals surface area contributed by atoms with Crippen molar-refractivity contribution in [3.8, 4) is 0 Å². The molecule has 2 aromatic heterocycles. The predicted octanol–water partition coefficient (Wildman–Crippen LogP) is 8.98. The van der Waals surface area contributed by atoms with Crippen LogP contribution < -0.4 is 5.32 Å². The molecule has 5 aromatic rings. The number of aromatic nitrogens is 1. The van der Waals surface area contributed by atoms with E-state index in [1.807, 2.05) is 11.3 Å². The van der Waals surface area contributed by atoms with Gasteiger partial charge in [-0.2, -0.15) is 0 Å². The molecular formula is C44H55N5OS. The largest absolute Gasteiger partial charge is 0.442 e. The first-order chi connectivity index (χ1) is 25.1. The molecule has 0 radical (unpaired) electrons. The van der Waals surface area contributed by atoms with Crippen molar-refractivity contribution in [1.29, 1.82) is 0 Å². The molecule has 1 saturated heterocycles. The van der Waals surface area contributed by atoms with Crippen molar-refractivity contribution < 1.29 is 4.42 Å². The van der Waals surface area contributed by atoms with E-state index in [2.05, 4.69) is 143 Å². The molecule has 1 aliphatic carbocycles. The van der Waals surface area contributed by atoms with E-state index in [-0.39, 0.29) is 6.04 Å². The minimum absolute atomic E-state index is 0.185. The molecule has 7 rings (SSSR count). The summed E-state index contributed by atoms with van der Waals surface area (Å²) in [6.07, 6.45) is 7.00. The van der Waals surface area contributed by atoms with Crippen molar-refractivity contribution in [2.45, 2.75) is 70.2 Å². The monoisotopic (exact) mass is 701 g/mol. The second-order valence-corrected chi connectivity index (χ2v) is 15.9. The van der Waals surface area contributed by atoms with Gasteiger partial charge in [-0.25, -0.2) is 4.98 Å². The van der Waals surface area contributed by atoms with Gasteiger partial charge in [0.05, 0.1) is 18.3 Å². The van der Waals surface area contributed by atoms with E-state index < -0.39 is 0 Å². The molecule has 3 aromatic carbocycles. The molecule has 3 heterocycles. The summed E-state index contributed by atoms with van der Waals surface area (Å²) in [6.45, 7) is 6.67. The highest BCUT2D eigenvalue weighted by atomic mass is 32.1. The van der Waals surface area contributed by atoms with E-state index in [9.17, 15) is 0 Å². The van der Waals surface area contributed by atoms with E-state index >= 15 is 0 Å². The second kappa shape index (κ2) is 17.8. The number of nitrogens with zero attached hydrogens (tertiary/aromatic N) is 4. The maximum atomic E-state index is 6.91. The molecule has 2 atom stereocenters. The van der Waals surface area contributed by atoms with Crippen LogP contribution in [0.3, 0.4) is 0 Å². The maximum absolute atomic E-state index is 6.91. The molecule has 7 heteroatoms. The van der Waals surface area contributed by atoms with E-state index in [4.69, 9.17) is 9.40 Å². The third-order valence-electron chi connectivity index (χ3n) is 11.1. The van der Waals surface area contributed by atoms with Crippen molar-refractivity contribution >= 4 is 11.3 Å². The van der Waals surface area contributed by atoms with Crippen molar-refractivity contribution in [3.63, 3.8) is 0 Å². The highest BCUT2D eigenvalue weighted by molar-refractivity contribution is 7.10. The summed E-state index contributed by atoms with van der Waals surface area (Å²) in [5, 5.41) is 5.90. The molecule has 2 fully saturated rings. The Balaban J connectivity index is 1.09. The molecule has 1 aliphatic heterocycles. The number of piperazine rings is 1. The van der Waals surface area contributed by atoms with Crippen molar-refractivity contribution in [2.24, 2.45) is 11.8 Å². The lowest BCUT2D eigenvalue weighted by Gasteiger charge is -2.41. The van der Waals surface area contributed by atoms with Crippen molar-refractivity contribution in [2.75, 3.05) is 40.3 Å². The van der Waals surface area contributed by atoms with Gasteiger partial charge in [0.15, 0.2) is 0 Å². The lowest BCUT2D eigenvalue weighted by molar-refractivity contribution is 0.0588. The molecule has 2 unspecified atom stereocenters. The average molecular weight is 702 g/mol. The van der Waals surface area contributed by atoms with Crippen molar-refractivity contribution in [3.05, 3.63) is 147 Å². The zero-order valence-electron chi connectivity index (χ0n) is 30.5. The van der Waals surface area contributed by atoms with Gasteiger partial charge in [-0.3, -0.25) is 9.80 Å². The lowest BCUT2D eigenvalue weighted by Crippen LogP contribution is -2.47. The third kappa shape index (κ3) is 9.65. The molecule has 1 saturated carbocycles. The van der Waals surface area contributed by atoms with Gasteiger partial charge in [-0.1, -0.05) is 110 Å². The van der Waals surface area contributed by atoms with Gasteiger partial charge in [0.1, 0.15) is 5.76 Å². The quantitative estimate of drug-likeness (QED) is 0.118. The highest BCUT2D eigenvalue weighted by Gasteiger charge is 2.35. The predicted molar refractivity (Wildman–Crippen MR) is 210 cm³/mol. The minimum atomic E-state index is 0.185. The van der Waals surface area contributed by atoms with Crippen LogP contribution in [-0.4, -0.2) is 60.0 Å². The number of benzene rings is 3. The number of thiophene rings is 1. The van der Waals surface area contributed by atoms with Crippen LogP contribution in [0, 0.1) is 11.8 Å². The van der Waals surface area contributed by atoms with Crippen LogP contribution in [0.2, 0.25) is 0 Å². The average Bonchev–Trinajstić information content (AvgIpc) is 3.83. The summed E-state index contributed by atoms with van der Waals surface area (Å²) in [4.78, 5) is 14.6. The Bertz CT molecular complexity index is 1710. The molecule has 1 N–H and O–H groups in total. The van der Waals surface area contributed by atoms with Gasteiger partial charge in [0.2, 0.25) is 5.89 Å². The summed E-state index contributed by atoms with van der Waals surface area (Å²) in [5.74, 6) is 3.27. The fourth-order valence-electron chi connectivity index (χ4n) is 8.43. The van der Waals surface area contributed by atoms with E-state index in [0.29, 0.717) is 24.4 Å². The van der Waals surface area contributed by atoms with Gasteiger partial charge < -0.3 is 14.6 Å². The Kier molecular flexibility index (Phi) is 12.5. The van der Waals surface area contributed by atoms with E-state index in [0.717, 1.165) is 69.5 Å². The molecule has 6 nitrogen and oxygen atoms in total. The molecule has 268 valence electrons. The van der Waals surface area contributed by atoms with Crippen LogP contribution in [0.5, 0.6) is 0 Å². The summed E-state index contributed by atoms with van der Waals surface area (Å²) in [7, 11) is 4.51. The maximum Gasteiger partial charge on any atom is 0.212 e. The minimum Gasteiger partial charge on any atom is -0.442 e. The van der Waals surface area contributed by atoms with Gasteiger partial charge in [-0.15, -0.1) is 11.3 Å². The zero-order valence-corrected chi connectivity index (χ0v) is 31.3. The Morgan fingerprint density at radius 3 is 2.04 bits per heavy atom. The van der Waals surface area contributed by atoms with Crippen molar-refractivity contribution in [1.82, 2.24) is 25.0 Å². The van der Waals surface area contributed by atoms with Crippen LogP contribution in [0.25, 0.3) is 0 Å². The van der Waals surface area contributed by atoms with Gasteiger partial charge in [0.25, 0.3) is 0 Å². The first-order valence-electron chi connectivity index (χ1n) is 19.1. The van der Waals surface area contributed by atoms with Gasteiger partial charge >= 0.3 is 0 Å². The summed E-state index contributed by atoms with van der Waals surface area (Å²) < 4.78 is 6.91. The molecule has 2 aliphatic rings. The number of hydrogen-bond acceptors (Lipinski definition) is 7. The Labute approximate surface area is 309 Å². The molecule has 0 bridgehead atoms. The molecule has 0 spiro atoms. The van der Waals surface area contributed by atoms with E-state index in [1.54, 1.807) is 0 Å². The van der Waals surface area contributed by atoms with Crippen LogP contribution >= 0.6 is 11.3 Å². The summed E-state index contributed by atoms with van der Waals surface area (Å²) in [5.41, 5.74) is 5.01. The molecule has 51 heavy (non-hydrogen) atoms. The topological polar surface area (TPSA) is 47.8 Å². The standard InChI is InChI=1S/C44H55N5OS/c1-47(2)43(42-19-12-28-51-42)38-22-20-35(21-23-38)30-40(49-26-24-48(25-27-49)33-37-17-10-5-11-18-37)44-46-39(29-34-13-6-3-7-14-34)41(50-44)32-45-31-36-15-8-4-9-16-36/h3-19,28,35,38,40,43,45H,20-27,29-33H2,1-2H3. The smallest absolute Gasteiger partial charge is 0.212 e. The summed E-state index contributed by atoms with van der Waals surface area (Å²) in [6, 6.07) is 37.5. The third-order valence-corrected chi connectivity index (χ3v) is 12.1. The normalized spacial score (nSPS) is 20.1. The van der Waals surface area contributed by atoms with Gasteiger partial charge in [0, 0.05) is 56.6 Å². The van der Waals surface area contributed by atoms with Gasteiger partial charge in [-0.05, 0) is 73.3 Å². The van der Waals surface area contributed by atoms with Crippen LogP contribution in [0.1, 0.15) is 83.1 Å². The number of nitrogens with one attached hydrogen (secondary N) is 1. The zero-order chi connectivity index (χ0) is 34.8. The Morgan fingerprint density at radius 1 is 0.765 bits per heavy atom. The first-order valence-corrected chi connectivity index (χ1v) is 19.9. The SMILES string of the molecule is CN(C)C(c1cccs1)C1CCC(CC(c2nc(Cc3ccccc3)c(CNCc3ccccc3)o2)N2CCN(Cc3ccccc3)CC2)CC1. The molecular weight excluding hydrogens is 647 g/mol. The highest BCUT2D eigenvalue weighted by Crippen LogP contribution is 2.44. The number of oxazole rings is 1.